The van der Waals surface area contributed by atoms with E-state index in [0.29, 0.717) is 34.7 Å². The van der Waals surface area contributed by atoms with Gasteiger partial charge in [-0.05, 0) is 69.2 Å². The Hall–Kier alpha value is -3.11. The molecule has 1 aliphatic carbocycles. The fourth-order valence-electron chi connectivity index (χ4n) is 4.22. The number of hydrogen-bond donors (Lipinski definition) is 1. The van der Waals surface area contributed by atoms with E-state index in [2.05, 4.69) is 22.1 Å². The van der Waals surface area contributed by atoms with Gasteiger partial charge in [-0.1, -0.05) is 30.0 Å². The lowest BCUT2D eigenvalue weighted by Crippen LogP contribution is -2.17. The molecule has 196 valence electrons. The highest BCUT2D eigenvalue weighted by Gasteiger charge is 2.27. The van der Waals surface area contributed by atoms with Crippen molar-refractivity contribution in [3.8, 4) is 5.75 Å². The van der Waals surface area contributed by atoms with Gasteiger partial charge in [-0.25, -0.2) is 4.79 Å². The zero-order valence-corrected chi connectivity index (χ0v) is 23.1. The number of thiophene rings is 1. The summed E-state index contributed by atoms with van der Waals surface area (Å²) in [6.45, 7) is 10.7. The molecule has 0 unspecified atom stereocenters. The van der Waals surface area contributed by atoms with Crippen molar-refractivity contribution in [3.63, 3.8) is 0 Å². The van der Waals surface area contributed by atoms with Crippen LogP contribution < -0.4 is 10.1 Å². The molecule has 10 heteroatoms. The molecule has 1 aromatic carbocycles. The zero-order valence-electron chi connectivity index (χ0n) is 21.5. The van der Waals surface area contributed by atoms with E-state index in [9.17, 15) is 9.59 Å². The van der Waals surface area contributed by atoms with Gasteiger partial charge in [0.2, 0.25) is 5.91 Å². The van der Waals surface area contributed by atoms with Crippen LogP contribution >= 0.6 is 23.1 Å². The first-order valence-electron chi connectivity index (χ1n) is 12.4. The molecule has 0 radical (unpaired) electrons. The highest BCUT2D eigenvalue weighted by atomic mass is 32.2. The van der Waals surface area contributed by atoms with E-state index in [-0.39, 0.29) is 24.2 Å². The van der Waals surface area contributed by atoms with Crippen LogP contribution in [0, 0.1) is 13.8 Å². The number of aryl methyl sites for hydroxylation is 3. The molecule has 2 heterocycles. The van der Waals surface area contributed by atoms with Crippen molar-refractivity contribution in [3.05, 3.63) is 63.8 Å². The summed E-state index contributed by atoms with van der Waals surface area (Å²) in [5.41, 5.74) is 3.70. The summed E-state index contributed by atoms with van der Waals surface area (Å²) in [6.07, 6.45) is 5.65. The van der Waals surface area contributed by atoms with E-state index in [1.165, 1.54) is 23.1 Å². The van der Waals surface area contributed by atoms with Crippen molar-refractivity contribution in [2.24, 2.45) is 0 Å². The second-order valence-electron chi connectivity index (χ2n) is 8.83. The standard InChI is InChI=1S/C27H32N4O4S2/c1-5-13-31-22(15-35-20-14-17(3)11-12-18(20)4)29-30-27(31)36-16-23(32)28-25-24(26(33)34-6-2)19-9-7-8-10-21(19)37-25/h5,11-12,14H,1,6-10,13,15-16H2,2-4H3,(H,28,32). The average Bonchev–Trinajstić information content (AvgIpc) is 3.44. The first-order chi connectivity index (χ1) is 17.9. The van der Waals surface area contributed by atoms with Crippen LogP contribution in [0.15, 0.2) is 36.0 Å². The lowest BCUT2D eigenvalue weighted by Gasteiger charge is -2.12. The zero-order chi connectivity index (χ0) is 26.4. The summed E-state index contributed by atoms with van der Waals surface area (Å²) in [7, 11) is 0. The number of nitrogens with one attached hydrogen (secondary N) is 1. The number of aromatic nitrogens is 3. The summed E-state index contributed by atoms with van der Waals surface area (Å²) < 4.78 is 13.2. The number of fused-ring (bicyclic) bond motifs is 1. The predicted octanol–water partition coefficient (Wildman–Crippen LogP) is 5.51. The van der Waals surface area contributed by atoms with Gasteiger partial charge in [0.25, 0.3) is 0 Å². The maximum atomic E-state index is 12.9. The van der Waals surface area contributed by atoms with Crippen molar-refractivity contribution in [2.75, 3.05) is 17.7 Å². The van der Waals surface area contributed by atoms with E-state index < -0.39 is 0 Å². The highest BCUT2D eigenvalue weighted by Crippen LogP contribution is 2.38. The number of nitrogens with zero attached hydrogens (tertiary/aromatic N) is 3. The van der Waals surface area contributed by atoms with Gasteiger partial charge >= 0.3 is 5.97 Å². The van der Waals surface area contributed by atoms with Gasteiger partial charge in [0.05, 0.1) is 17.9 Å². The van der Waals surface area contributed by atoms with Crippen molar-refractivity contribution in [1.29, 1.82) is 0 Å². The van der Waals surface area contributed by atoms with E-state index in [1.54, 1.807) is 13.0 Å². The number of ether oxygens (including phenoxy) is 2. The van der Waals surface area contributed by atoms with E-state index in [4.69, 9.17) is 9.47 Å². The number of hydrogen-bond acceptors (Lipinski definition) is 8. The van der Waals surface area contributed by atoms with Crippen molar-refractivity contribution in [2.45, 2.75) is 64.8 Å². The molecular weight excluding hydrogens is 508 g/mol. The third-order valence-corrected chi connectivity index (χ3v) is 8.22. The number of anilines is 1. The molecule has 0 saturated carbocycles. The molecule has 0 aliphatic heterocycles. The molecule has 3 aromatic rings. The number of thioether (sulfide) groups is 1. The fourth-order valence-corrected chi connectivity index (χ4v) is 6.28. The smallest absolute Gasteiger partial charge is 0.341 e. The Labute approximate surface area is 225 Å². The Kier molecular flexibility index (Phi) is 9.04. The first kappa shape index (κ1) is 26.9. The van der Waals surface area contributed by atoms with Crippen LogP contribution in [0.4, 0.5) is 5.00 Å². The van der Waals surface area contributed by atoms with Crippen LogP contribution in [0.5, 0.6) is 5.75 Å². The monoisotopic (exact) mass is 540 g/mol. The van der Waals surface area contributed by atoms with Crippen LogP contribution in [0.25, 0.3) is 0 Å². The maximum absolute atomic E-state index is 12.9. The maximum Gasteiger partial charge on any atom is 0.341 e. The minimum atomic E-state index is -0.371. The Morgan fingerprint density at radius 3 is 2.84 bits per heavy atom. The average molecular weight is 541 g/mol. The molecule has 4 rings (SSSR count). The minimum absolute atomic E-state index is 0.123. The lowest BCUT2D eigenvalue weighted by atomic mass is 9.95. The van der Waals surface area contributed by atoms with Crippen LogP contribution in [0.1, 0.15) is 57.5 Å². The van der Waals surface area contributed by atoms with Gasteiger partial charge in [-0.3, -0.25) is 9.36 Å². The molecule has 1 amide bonds. The van der Waals surface area contributed by atoms with Gasteiger partial charge in [0, 0.05) is 11.4 Å². The van der Waals surface area contributed by atoms with Crippen molar-refractivity contribution < 1.29 is 19.1 Å². The molecule has 0 spiro atoms. The van der Waals surface area contributed by atoms with Gasteiger partial charge in [-0.15, -0.1) is 28.1 Å². The summed E-state index contributed by atoms with van der Waals surface area (Å²) in [5.74, 6) is 0.995. The van der Waals surface area contributed by atoms with Gasteiger partial charge in [0.15, 0.2) is 11.0 Å². The third-order valence-electron chi connectivity index (χ3n) is 6.04. The molecule has 0 atom stereocenters. The molecule has 0 bridgehead atoms. The Balaban J connectivity index is 1.43. The normalized spacial score (nSPS) is 12.6. The molecule has 2 aromatic heterocycles. The van der Waals surface area contributed by atoms with Crippen LogP contribution in [-0.4, -0.2) is 39.0 Å². The van der Waals surface area contributed by atoms with E-state index in [0.717, 1.165) is 53.0 Å². The number of allylic oxidation sites excluding steroid dienone is 1. The second-order valence-corrected chi connectivity index (χ2v) is 10.9. The highest BCUT2D eigenvalue weighted by molar-refractivity contribution is 7.99. The fraction of sp³-hybridized carbons (Fsp3) is 0.407. The predicted molar refractivity (Wildman–Crippen MR) is 147 cm³/mol. The van der Waals surface area contributed by atoms with E-state index in [1.807, 2.05) is 36.6 Å². The van der Waals surface area contributed by atoms with Crippen LogP contribution in [0.3, 0.4) is 0 Å². The Bertz CT molecular complexity index is 1300. The van der Waals surface area contributed by atoms with Crippen molar-refractivity contribution >= 4 is 40.0 Å². The number of esters is 1. The second kappa shape index (κ2) is 12.4. The molecule has 0 fully saturated rings. The number of carbonyl (C=O) groups is 2. The summed E-state index contributed by atoms with van der Waals surface area (Å²) in [4.78, 5) is 26.7. The number of carbonyl (C=O) groups excluding carboxylic acids is 2. The van der Waals surface area contributed by atoms with Gasteiger partial charge in [-0.2, -0.15) is 0 Å². The summed E-state index contributed by atoms with van der Waals surface area (Å²) in [5, 5.41) is 12.7. The van der Waals surface area contributed by atoms with E-state index >= 15 is 0 Å². The van der Waals surface area contributed by atoms with Crippen molar-refractivity contribution in [1.82, 2.24) is 14.8 Å². The number of rotatable bonds is 11. The molecular formula is C27H32N4O4S2. The Morgan fingerprint density at radius 2 is 2.05 bits per heavy atom. The Morgan fingerprint density at radius 1 is 1.24 bits per heavy atom. The van der Waals surface area contributed by atoms with Gasteiger partial charge in [0.1, 0.15) is 17.4 Å². The summed E-state index contributed by atoms with van der Waals surface area (Å²) >= 11 is 2.77. The summed E-state index contributed by atoms with van der Waals surface area (Å²) in [6, 6.07) is 6.07. The quantitative estimate of drug-likeness (QED) is 0.195. The third kappa shape index (κ3) is 6.42. The topological polar surface area (TPSA) is 95.3 Å². The van der Waals surface area contributed by atoms with Crippen LogP contribution in [0.2, 0.25) is 0 Å². The number of benzene rings is 1. The lowest BCUT2D eigenvalue weighted by molar-refractivity contribution is -0.113. The molecule has 1 N–H and O–H groups in total. The first-order valence-corrected chi connectivity index (χ1v) is 14.2. The molecule has 37 heavy (non-hydrogen) atoms. The largest absolute Gasteiger partial charge is 0.485 e. The van der Waals surface area contributed by atoms with Gasteiger partial charge < -0.3 is 14.8 Å². The molecule has 1 aliphatic rings. The molecule has 8 nitrogen and oxygen atoms in total. The number of amides is 1. The SMILES string of the molecule is C=CCn1c(COc2cc(C)ccc2C)nnc1SCC(=O)Nc1sc2c(c1C(=O)OCC)CCCC2. The minimum Gasteiger partial charge on any atom is -0.485 e. The van der Waals surface area contributed by atoms with Crippen LogP contribution in [-0.2, 0) is 35.5 Å². The molecule has 0 saturated heterocycles.